The van der Waals surface area contributed by atoms with Gasteiger partial charge in [0.2, 0.25) is 0 Å². The molecule has 5 heteroatoms. The fraction of sp³-hybridized carbons (Fsp3) is 0.571. The Labute approximate surface area is 70.2 Å². The Hall–Kier alpha value is -1.07. The summed E-state index contributed by atoms with van der Waals surface area (Å²) in [5, 5.41) is 9.17. The Morgan fingerprint density at radius 3 is 3.58 bits per heavy atom. The van der Waals surface area contributed by atoms with Crippen molar-refractivity contribution < 1.29 is 4.84 Å². The van der Waals surface area contributed by atoms with E-state index >= 15 is 0 Å². The summed E-state index contributed by atoms with van der Waals surface area (Å²) in [6.45, 7) is 3.50. The van der Waals surface area contributed by atoms with Crippen molar-refractivity contribution in [3.63, 3.8) is 0 Å². The largest absolute Gasteiger partial charge is 0.309 e. The van der Waals surface area contributed by atoms with Gasteiger partial charge in [-0.2, -0.15) is 0 Å². The van der Waals surface area contributed by atoms with E-state index in [0.717, 1.165) is 31.3 Å². The Morgan fingerprint density at radius 2 is 2.58 bits per heavy atom. The molecule has 0 aliphatic carbocycles. The van der Waals surface area contributed by atoms with Crippen molar-refractivity contribution in [3.8, 4) is 0 Å². The number of fused-ring (bicyclic) bond motifs is 3. The molecule has 0 atom stereocenters. The summed E-state index contributed by atoms with van der Waals surface area (Å²) >= 11 is 0. The summed E-state index contributed by atoms with van der Waals surface area (Å²) in [5.41, 5.74) is 0. The number of hydrogen-bond acceptors (Lipinski definition) is 5. The molecule has 12 heavy (non-hydrogen) atoms. The zero-order valence-corrected chi connectivity index (χ0v) is 6.66. The summed E-state index contributed by atoms with van der Waals surface area (Å²) < 4.78 is 0. The van der Waals surface area contributed by atoms with E-state index in [9.17, 15) is 0 Å². The molecular weight excluding hydrogens is 156 g/mol. The first-order chi connectivity index (χ1) is 5.95. The van der Waals surface area contributed by atoms with Crippen LogP contribution in [0.3, 0.4) is 0 Å². The molecule has 1 fully saturated rings. The smallest absolute Gasteiger partial charge is 0.159 e. The lowest BCUT2D eigenvalue weighted by atomic mass is 10.3. The molecule has 3 aliphatic heterocycles. The van der Waals surface area contributed by atoms with Crippen molar-refractivity contribution in [2.75, 3.05) is 26.2 Å². The van der Waals surface area contributed by atoms with E-state index in [-0.39, 0.29) is 0 Å². The first-order valence-electron chi connectivity index (χ1n) is 4.14. The van der Waals surface area contributed by atoms with Crippen LogP contribution < -0.4 is 5.32 Å². The predicted octanol–water partition coefficient (Wildman–Crippen LogP) is -0.693. The number of rotatable bonds is 0. The number of hydrogen-bond donors (Lipinski definition) is 1. The number of nitrogens with zero attached hydrogens (tertiary/aromatic N) is 3. The fourth-order valence-corrected chi connectivity index (χ4v) is 1.68. The summed E-state index contributed by atoms with van der Waals surface area (Å²) in [4.78, 5) is 7.45. The summed E-state index contributed by atoms with van der Waals surface area (Å²) in [5.74, 6) is 2.15. The van der Waals surface area contributed by atoms with Gasteiger partial charge in [0.05, 0.1) is 13.2 Å². The van der Waals surface area contributed by atoms with Crippen molar-refractivity contribution in [1.29, 1.82) is 0 Å². The average molecular weight is 166 g/mol. The second kappa shape index (κ2) is 2.21. The highest BCUT2D eigenvalue weighted by Gasteiger charge is 2.33. The molecule has 3 rings (SSSR count). The molecule has 1 saturated heterocycles. The number of hydrazone groups is 1. The van der Waals surface area contributed by atoms with Gasteiger partial charge in [-0.25, -0.2) is 4.84 Å². The van der Waals surface area contributed by atoms with Gasteiger partial charge in [0, 0.05) is 13.1 Å². The highest BCUT2D eigenvalue weighted by Crippen LogP contribution is 2.25. The topological polar surface area (TPSA) is 40.1 Å². The van der Waals surface area contributed by atoms with Gasteiger partial charge in [0.1, 0.15) is 5.84 Å². The first kappa shape index (κ1) is 6.45. The SMILES string of the molecule is C1=C2N(N=C3CNCCN23)OC1. The highest BCUT2D eigenvalue weighted by atomic mass is 16.7. The van der Waals surface area contributed by atoms with Crippen LogP contribution >= 0.6 is 0 Å². The Bertz CT molecular complexity index is 273. The van der Waals surface area contributed by atoms with E-state index < -0.39 is 0 Å². The summed E-state index contributed by atoms with van der Waals surface area (Å²) in [7, 11) is 0. The van der Waals surface area contributed by atoms with E-state index in [4.69, 9.17) is 4.84 Å². The van der Waals surface area contributed by atoms with Crippen LogP contribution in [0, 0.1) is 0 Å². The van der Waals surface area contributed by atoms with Crippen molar-refractivity contribution in [1.82, 2.24) is 15.4 Å². The second-order valence-corrected chi connectivity index (χ2v) is 2.98. The Morgan fingerprint density at radius 1 is 1.58 bits per heavy atom. The monoisotopic (exact) mass is 166 g/mol. The second-order valence-electron chi connectivity index (χ2n) is 2.98. The first-order valence-corrected chi connectivity index (χ1v) is 4.14. The Balaban J connectivity index is 1.95. The summed E-state index contributed by atoms with van der Waals surface area (Å²) in [6.07, 6.45) is 2.06. The molecule has 0 aromatic heterocycles. The normalized spacial score (nSPS) is 26.7. The molecule has 3 heterocycles. The highest BCUT2D eigenvalue weighted by molar-refractivity contribution is 5.87. The molecule has 0 bridgehead atoms. The van der Waals surface area contributed by atoms with E-state index in [1.807, 2.05) is 0 Å². The van der Waals surface area contributed by atoms with Crippen LogP contribution in [0.15, 0.2) is 17.0 Å². The van der Waals surface area contributed by atoms with Gasteiger partial charge in [-0.05, 0) is 6.08 Å². The minimum Gasteiger partial charge on any atom is -0.309 e. The van der Waals surface area contributed by atoms with Crippen LogP contribution in [-0.2, 0) is 4.84 Å². The fourth-order valence-electron chi connectivity index (χ4n) is 1.68. The minimum atomic E-state index is 0.649. The van der Waals surface area contributed by atoms with Crippen LogP contribution in [0.1, 0.15) is 0 Å². The molecule has 0 spiro atoms. The van der Waals surface area contributed by atoms with Crippen LogP contribution in [0.25, 0.3) is 0 Å². The van der Waals surface area contributed by atoms with E-state index in [2.05, 4.69) is 21.4 Å². The summed E-state index contributed by atoms with van der Waals surface area (Å²) in [6, 6.07) is 0. The van der Waals surface area contributed by atoms with Crippen LogP contribution in [0.4, 0.5) is 0 Å². The molecule has 1 N–H and O–H groups in total. The maximum Gasteiger partial charge on any atom is 0.159 e. The van der Waals surface area contributed by atoms with Crippen molar-refractivity contribution in [2.24, 2.45) is 5.10 Å². The van der Waals surface area contributed by atoms with Gasteiger partial charge < -0.3 is 10.2 Å². The van der Waals surface area contributed by atoms with Gasteiger partial charge in [-0.1, -0.05) is 0 Å². The molecular formula is C7H10N4O. The minimum absolute atomic E-state index is 0.649. The van der Waals surface area contributed by atoms with E-state index in [1.54, 1.807) is 5.17 Å². The van der Waals surface area contributed by atoms with Gasteiger partial charge in [-0.3, -0.25) is 0 Å². The number of hydroxylamine groups is 1. The van der Waals surface area contributed by atoms with Crippen LogP contribution in [-0.4, -0.2) is 42.1 Å². The van der Waals surface area contributed by atoms with Crippen molar-refractivity contribution in [3.05, 3.63) is 11.9 Å². The standard InChI is InChI=1S/C7H10N4O/c1-4-12-11-7(1)10-3-2-8-5-6(10)9-11/h1,8H,2-5H2. The third kappa shape index (κ3) is 0.720. The molecule has 0 radical (unpaired) electrons. The van der Waals surface area contributed by atoms with Gasteiger partial charge in [-0.15, -0.1) is 10.3 Å². The zero-order chi connectivity index (χ0) is 7.97. The lowest BCUT2D eigenvalue weighted by molar-refractivity contribution is -0.101. The average Bonchev–Trinajstić information content (AvgIpc) is 2.62. The van der Waals surface area contributed by atoms with Crippen LogP contribution in [0.2, 0.25) is 0 Å². The van der Waals surface area contributed by atoms with Gasteiger partial charge in [0.15, 0.2) is 5.82 Å². The Kier molecular flexibility index (Phi) is 1.19. The van der Waals surface area contributed by atoms with Crippen molar-refractivity contribution in [2.45, 2.75) is 0 Å². The lowest BCUT2D eigenvalue weighted by Gasteiger charge is -2.25. The molecule has 0 amide bonds. The quantitative estimate of drug-likeness (QED) is 0.517. The number of amidine groups is 1. The van der Waals surface area contributed by atoms with E-state index in [1.165, 1.54) is 0 Å². The van der Waals surface area contributed by atoms with E-state index in [0.29, 0.717) is 6.61 Å². The molecule has 0 saturated carbocycles. The number of piperazine rings is 1. The molecule has 3 aliphatic rings. The van der Waals surface area contributed by atoms with Crippen molar-refractivity contribution >= 4 is 5.84 Å². The zero-order valence-electron chi connectivity index (χ0n) is 6.66. The molecule has 0 aromatic carbocycles. The molecule has 5 nitrogen and oxygen atoms in total. The lowest BCUT2D eigenvalue weighted by Crippen LogP contribution is -2.45. The maximum atomic E-state index is 5.25. The van der Waals surface area contributed by atoms with Gasteiger partial charge >= 0.3 is 0 Å². The van der Waals surface area contributed by atoms with Gasteiger partial charge in [0.25, 0.3) is 0 Å². The molecule has 64 valence electrons. The maximum absolute atomic E-state index is 5.25. The third-order valence-electron chi connectivity index (χ3n) is 2.25. The predicted molar refractivity (Wildman–Crippen MR) is 42.9 cm³/mol. The number of nitrogens with one attached hydrogen (secondary N) is 1. The molecule has 0 aromatic rings. The molecule has 0 unspecified atom stereocenters. The third-order valence-corrected chi connectivity index (χ3v) is 2.25. The van der Waals surface area contributed by atoms with Crippen LogP contribution in [0.5, 0.6) is 0 Å².